The summed E-state index contributed by atoms with van der Waals surface area (Å²) in [6.45, 7) is 5.53. The first-order valence-electron chi connectivity index (χ1n) is 12.4. The maximum absolute atomic E-state index is 13.6. The largest absolute Gasteiger partial charge is 0.531 e. The van der Waals surface area contributed by atoms with E-state index < -0.39 is 48.8 Å². The summed E-state index contributed by atoms with van der Waals surface area (Å²) in [6.07, 6.45) is 4.40. The molecule has 196 valence electrons. The highest BCUT2D eigenvalue weighted by Crippen LogP contribution is 2.36. The van der Waals surface area contributed by atoms with Crippen LogP contribution in [0.5, 0.6) is 0 Å². The van der Waals surface area contributed by atoms with Gasteiger partial charge in [0.1, 0.15) is 5.69 Å². The zero-order valence-corrected chi connectivity index (χ0v) is 21.3. The van der Waals surface area contributed by atoms with Crippen molar-refractivity contribution in [1.29, 1.82) is 0 Å². The summed E-state index contributed by atoms with van der Waals surface area (Å²) in [5.41, 5.74) is -0.787. The summed E-state index contributed by atoms with van der Waals surface area (Å²) >= 11 is 0. The molecule has 1 aromatic carbocycles. The van der Waals surface area contributed by atoms with Crippen molar-refractivity contribution >= 4 is 30.7 Å². The maximum Gasteiger partial charge on any atom is 0.531 e. The standard InChI is InChI=1S/C26H32BN3O7/c1-4-26(25(34)35)15-23(32)36-27(37-26)19(12-17(2)3)14-22(31)20(13-18-8-6-5-7-9-18)30-24(33)21-16-28-10-11-29-21/h5-11,16-17,19-20H,4,12-15H2,1-3H3,(H,30,33)(H,34,35)/t19-,20+,26?/m1/s1. The first kappa shape index (κ1) is 28.0. The van der Waals surface area contributed by atoms with Crippen LogP contribution in [0.25, 0.3) is 0 Å². The molecule has 0 saturated carbocycles. The predicted molar refractivity (Wildman–Crippen MR) is 134 cm³/mol. The molecule has 1 amide bonds. The molecule has 3 rings (SSSR count). The van der Waals surface area contributed by atoms with Crippen LogP contribution in [-0.2, 0) is 30.1 Å². The summed E-state index contributed by atoms with van der Waals surface area (Å²) in [5.74, 6) is -3.27. The van der Waals surface area contributed by atoms with Crippen LogP contribution in [0.15, 0.2) is 48.9 Å². The van der Waals surface area contributed by atoms with Crippen molar-refractivity contribution < 1.29 is 33.6 Å². The number of rotatable bonds is 12. The average Bonchev–Trinajstić information content (AvgIpc) is 2.88. The molecular weight excluding hydrogens is 477 g/mol. The van der Waals surface area contributed by atoms with Gasteiger partial charge in [0.2, 0.25) is 0 Å². The number of hydrogen-bond donors (Lipinski definition) is 2. The molecule has 1 aliphatic heterocycles. The summed E-state index contributed by atoms with van der Waals surface area (Å²) in [6, 6.07) is 8.35. The Morgan fingerprint density at radius 1 is 1.19 bits per heavy atom. The van der Waals surface area contributed by atoms with E-state index in [-0.39, 0.29) is 36.7 Å². The van der Waals surface area contributed by atoms with E-state index in [1.165, 1.54) is 18.6 Å². The maximum atomic E-state index is 13.6. The number of benzene rings is 1. The highest BCUT2D eigenvalue weighted by atomic mass is 16.6. The Labute approximate surface area is 216 Å². The number of aromatic nitrogens is 2. The molecule has 2 heterocycles. The van der Waals surface area contributed by atoms with Crippen LogP contribution in [0.4, 0.5) is 0 Å². The van der Waals surface area contributed by atoms with Gasteiger partial charge in [-0.25, -0.2) is 9.78 Å². The number of carbonyl (C=O) groups is 4. The van der Waals surface area contributed by atoms with Gasteiger partial charge in [-0.15, -0.1) is 0 Å². The number of amides is 1. The highest BCUT2D eigenvalue weighted by molar-refractivity contribution is 6.50. The fourth-order valence-electron chi connectivity index (χ4n) is 4.41. The molecule has 11 heteroatoms. The van der Waals surface area contributed by atoms with Gasteiger partial charge in [-0.05, 0) is 30.7 Å². The molecule has 2 N–H and O–H groups in total. The molecule has 1 unspecified atom stereocenters. The van der Waals surface area contributed by atoms with Gasteiger partial charge in [-0.2, -0.15) is 0 Å². The Hall–Kier alpha value is -3.60. The Balaban J connectivity index is 1.85. The molecule has 0 aliphatic carbocycles. The number of ketones is 1. The summed E-state index contributed by atoms with van der Waals surface area (Å²) in [4.78, 5) is 58.7. The highest BCUT2D eigenvalue weighted by Gasteiger charge is 2.52. The molecule has 1 aromatic heterocycles. The average molecular weight is 509 g/mol. The van der Waals surface area contributed by atoms with E-state index in [4.69, 9.17) is 9.31 Å². The van der Waals surface area contributed by atoms with E-state index in [0.29, 0.717) is 6.42 Å². The number of carboxylic acids is 1. The zero-order chi connectivity index (χ0) is 27.0. The van der Waals surface area contributed by atoms with Gasteiger partial charge in [-0.3, -0.25) is 19.4 Å². The molecule has 10 nitrogen and oxygen atoms in total. The number of aliphatic carboxylic acids is 1. The lowest BCUT2D eigenvalue weighted by atomic mass is 9.63. The van der Waals surface area contributed by atoms with Gasteiger partial charge in [0, 0.05) is 24.6 Å². The van der Waals surface area contributed by atoms with E-state index in [2.05, 4.69) is 15.3 Å². The molecule has 0 spiro atoms. The number of nitrogens with one attached hydrogen (secondary N) is 1. The van der Waals surface area contributed by atoms with Crippen LogP contribution in [-0.4, -0.2) is 57.5 Å². The molecule has 1 saturated heterocycles. The van der Waals surface area contributed by atoms with Crippen molar-refractivity contribution in [2.75, 3.05) is 0 Å². The van der Waals surface area contributed by atoms with Crippen molar-refractivity contribution in [3.05, 3.63) is 60.2 Å². The molecule has 0 bridgehead atoms. The second kappa shape index (κ2) is 12.6. The van der Waals surface area contributed by atoms with Gasteiger partial charge in [0.15, 0.2) is 11.4 Å². The smallest absolute Gasteiger partial charge is 0.509 e. The van der Waals surface area contributed by atoms with E-state index in [9.17, 15) is 24.3 Å². The third-order valence-electron chi connectivity index (χ3n) is 6.37. The lowest BCUT2D eigenvalue weighted by molar-refractivity contribution is -0.171. The molecule has 2 aromatic rings. The van der Waals surface area contributed by atoms with E-state index in [0.717, 1.165) is 5.56 Å². The van der Waals surface area contributed by atoms with Crippen molar-refractivity contribution in [3.8, 4) is 0 Å². The fraction of sp³-hybridized carbons (Fsp3) is 0.462. The summed E-state index contributed by atoms with van der Waals surface area (Å²) in [5, 5.41) is 12.5. The second-order valence-corrected chi connectivity index (χ2v) is 9.67. The number of carboxylic acid groups (broad SMARTS) is 1. The van der Waals surface area contributed by atoms with Crippen molar-refractivity contribution in [3.63, 3.8) is 0 Å². The Morgan fingerprint density at radius 2 is 1.92 bits per heavy atom. The molecule has 37 heavy (non-hydrogen) atoms. The molecular formula is C26H32BN3O7. The minimum atomic E-state index is -1.71. The number of nitrogens with zero attached hydrogens (tertiary/aromatic N) is 2. The quantitative estimate of drug-likeness (QED) is 0.413. The lowest BCUT2D eigenvalue weighted by Gasteiger charge is -2.38. The second-order valence-electron chi connectivity index (χ2n) is 9.67. The lowest BCUT2D eigenvalue weighted by Crippen LogP contribution is -2.55. The molecule has 0 radical (unpaired) electrons. The van der Waals surface area contributed by atoms with E-state index in [1.807, 2.05) is 44.2 Å². The van der Waals surface area contributed by atoms with E-state index >= 15 is 0 Å². The van der Waals surface area contributed by atoms with Gasteiger partial charge in [-0.1, -0.05) is 51.1 Å². The number of hydrogen-bond acceptors (Lipinski definition) is 8. The predicted octanol–water partition coefficient (Wildman–Crippen LogP) is 2.88. The SMILES string of the molecule is CCC1(C(=O)O)CC(=O)OB([C@@H](CC(=O)[C@H](Cc2ccccc2)NC(=O)c2cnccn2)CC(C)C)O1. The normalized spacial score (nSPS) is 19.1. The fourth-order valence-corrected chi connectivity index (χ4v) is 4.41. The van der Waals surface area contributed by atoms with Crippen molar-refractivity contribution in [2.24, 2.45) is 5.92 Å². The Kier molecular flexibility index (Phi) is 9.51. The van der Waals surface area contributed by atoms with Gasteiger partial charge >= 0.3 is 13.1 Å². The monoisotopic (exact) mass is 509 g/mol. The van der Waals surface area contributed by atoms with E-state index in [1.54, 1.807) is 6.92 Å². The topological polar surface area (TPSA) is 145 Å². The number of Topliss-reactive ketones (excluding diaryl/α,β-unsaturated/α-hetero) is 1. The van der Waals surface area contributed by atoms with Crippen LogP contribution in [0.3, 0.4) is 0 Å². The molecule has 3 atom stereocenters. The van der Waals surface area contributed by atoms with Crippen LogP contribution in [0.1, 0.15) is 62.5 Å². The third-order valence-corrected chi connectivity index (χ3v) is 6.37. The molecule has 1 aliphatic rings. The summed E-state index contributed by atoms with van der Waals surface area (Å²) in [7, 11) is -1.20. The summed E-state index contributed by atoms with van der Waals surface area (Å²) < 4.78 is 11.3. The molecule has 1 fully saturated rings. The van der Waals surface area contributed by atoms with Gasteiger partial charge in [0.25, 0.3) is 11.9 Å². The minimum absolute atomic E-state index is 0.0705. The van der Waals surface area contributed by atoms with Crippen molar-refractivity contribution in [1.82, 2.24) is 15.3 Å². The van der Waals surface area contributed by atoms with Gasteiger partial charge < -0.3 is 19.7 Å². The first-order chi connectivity index (χ1) is 17.6. The zero-order valence-electron chi connectivity index (χ0n) is 21.3. The van der Waals surface area contributed by atoms with Gasteiger partial charge in [0.05, 0.1) is 18.7 Å². The number of carbonyl (C=O) groups excluding carboxylic acids is 3. The minimum Gasteiger partial charge on any atom is -0.509 e. The Bertz CT molecular complexity index is 1100. The Morgan fingerprint density at radius 3 is 2.51 bits per heavy atom. The van der Waals surface area contributed by atoms with Crippen LogP contribution in [0, 0.1) is 5.92 Å². The van der Waals surface area contributed by atoms with Crippen LogP contribution >= 0.6 is 0 Å². The van der Waals surface area contributed by atoms with Crippen molar-refractivity contribution in [2.45, 2.75) is 70.3 Å². The third kappa shape index (κ3) is 7.45. The van der Waals surface area contributed by atoms with Crippen LogP contribution < -0.4 is 5.32 Å². The van der Waals surface area contributed by atoms with Crippen LogP contribution in [0.2, 0.25) is 5.82 Å². The first-order valence-corrected chi connectivity index (χ1v) is 12.4.